The van der Waals surface area contributed by atoms with E-state index in [0.717, 1.165) is 22.5 Å². The van der Waals surface area contributed by atoms with E-state index in [4.69, 9.17) is 4.74 Å². The highest BCUT2D eigenvalue weighted by Crippen LogP contribution is 2.17. The van der Waals surface area contributed by atoms with Crippen molar-refractivity contribution in [2.75, 3.05) is 5.32 Å². The zero-order chi connectivity index (χ0) is 13.7. The van der Waals surface area contributed by atoms with Crippen molar-refractivity contribution in [2.45, 2.75) is 26.5 Å². The highest BCUT2D eigenvalue weighted by Gasteiger charge is 1.98. The smallest absolute Gasteiger partial charge is 0.119 e. The first-order valence-electron chi connectivity index (χ1n) is 6.38. The van der Waals surface area contributed by atoms with Crippen LogP contribution in [-0.4, -0.2) is 6.10 Å². The lowest BCUT2D eigenvalue weighted by molar-refractivity contribution is 0.242. The molecule has 0 amide bonds. The van der Waals surface area contributed by atoms with Gasteiger partial charge < -0.3 is 10.1 Å². The van der Waals surface area contributed by atoms with E-state index in [9.17, 15) is 0 Å². The molecular formula is C16H18BrNO. The normalized spacial score (nSPS) is 10.5. The molecule has 0 bridgehead atoms. The molecule has 2 nitrogen and oxygen atoms in total. The Kier molecular flexibility index (Phi) is 4.86. The Balaban J connectivity index is 1.91. The monoisotopic (exact) mass is 319 g/mol. The maximum absolute atomic E-state index is 5.62. The lowest BCUT2D eigenvalue weighted by Crippen LogP contribution is -2.05. The molecule has 0 fully saturated rings. The molecule has 100 valence electrons. The average molecular weight is 320 g/mol. The zero-order valence-corrected chi connectivity index (χ0v) is 12.8. The van der Waals surface area contributed by atoms with Crippen LogP contribution in [0.2, 0.25) is 0 Å². The summed E-state index contributed by atoms with van der Waals surface area (Å²) < 4.78 is 6.71. The van der Waals surface area contributed by atoms with Crippen LogP contribution in [0.4, 0.5) is 5.69 Å². The van der Waals surface area contributed by atoms with E-state index in [1.54, 1.807) is 0 Å². The standard InChI is InChI=1S/C16H18BrNO/c1-12(2)19-16-9-3-13(4-10-16)11-18-15-7-5-14(17)6-8-15/h3-10,12,18H,11H2,1-2H3. The van der Waals surface area contributed by atoms with Crippen LogP contribution in [0.3, 0.4) is 0 Å². The maximum atomic E-state index is 5.62. The molecule has 0 unspecified atom stereocenters. The minimum absolute atomic E-state index is 0.215. The lowest BCUT2D eigenvalue weighted by atomic mass is 10.2. The molecule has 2 aromatic rings. The quantitative estimate of drug-likeness (QED) is 0.850. The number of ether oxygens (including phenoxy) is 1. The van der Waals surface area contributed by atoms with Gasteiger partial charge in [0.25, 0.3) is 0 Å². The Morgan fingerprint density at radius 1 is 1.00 bits per heavy atom. The van der Waals surface area contributed by atoms with Crippen molar-refractivity contribution in [2.24, 2.45) is 0 Å². The summed E-state index contributed by atoms with van der Waals surface area (Å²) in [6.45, 7) is 4.87. The first-order chi connectivity index (χ1) is 9.13. The van der Waals surface area contributed by atoms with Crippen molar-refractivity contribution >= 4 is 21.6 Å². The van der Waals surface area contributed by atoms with E-state index < -0.39 is 0 Å². The van der Waals surface area contributed by atoms with Gasteiger partial charge in [-0.15, -0.1) is 0 Å². The Bertz CT molecular complexity index is 505. The molecule has 0 aromatic heterocycles. The Hall–Kier alpha value is -1.48. The van der Waals surface area contributed by atoms with Crippen molar-refractivity contribution in [3.8, 4) is 5.75 Å². The van der Waals surface area contributed by atoms with E-state index >= 15 is 0 Å². The first-order valence-corrected chi connectivity index (χ1v) is 7.18. The summed E-state index contributed by atoms with van der Waals surface area (Å²) in [5, 5.41) is 3.39. The summed E-state index contributed by atoms with van der Waals surface area (Å²) in [5.41, 5.74) is 2.35. The number of rotatable bonds is 5. The van der Waals surface area contributed by atoms with Crippen LogP contribution in [0.25, 0.3) is 0 Å². The summed E-state index contributed by atoms with van der Waals surface area (Å²) in [5.74, 6) is 0.919. The van der Waals surface area contributed by atoms with Crippen molar-refractivity contribution < 1.29 is 4.74 Å². The second-order valence-corrected chi connectivity index (χ2v) is 5.59. The highest BCUT2D eigenvalue weighted by atomic mass is 79.9. The number of hydrogen-bond donors (Lipinski definition) is 1. The summed E-state index contributed by atoms with van der Waals surface area (Å²) in [6.07, 6.45) is 0.215. The van der Waals surface area contributed by atoms with Gasteiger partial charge in [-0.25, -0.2) is 0 Å². The molecule has 0 radical (unpaired) electrons. The average Bonchev–Trinajstić information content (AvgIpc) is 2.39. The van der Waals surface area contributed by atoms with Gasteiger partial charge in [0.05, 0.1) is 6.10 Å². The van der Waals surface area contributed by atoms with E-state index in [2.05, 4.69) is 45.5 Å². The summed E-state index contributed by atoms with van der Waals surface area (Å²) in [6, 6.07) is 16.4. The Labute approximate surface area is 122 Å². The molecule has 0 aliphatic rings. The lowest BCUT2D eigenvalue weighted by Gasteiger charge is -2.11. The molecule has 0 aliphatic heterocycles. The first kappa shape index (κ1) is 13.9. The molecule has 0 aliphatic carbocycles. The third-order valence-electron chi connectivity index (χ3n) is 2.64. The van der Waals surface area contributed by atoms with Gasteiger partial charge in [-0.2, -0.15) is 0 Å². The molecule has 1 N–H and O–H groups in total. The molecule has 19 heavy (non-hydrogen) atoms. The van der Waals surface area contributed by atoms with E-state index in [1.165, 1.54) is 5.56 Å². The number of nitrogens with one attached hydrogen (secondary N) is 1. The predicted molar refractivity (Wildman–Crippen MR) is 83.7 cm³/mol. The number of hydrogen-bond acceptors (Lipinski definition) is 2. The highest BCUT2D eigenvalue weighted by molar-refractivity contribution is 9.10. The van der Waals surface area contributed by atoms with Crippen LogP contribution in [0.1, 0.15) is 19.4 Å². The predicted octanol–water partition coefficient (Wildman–Crippen LogP) is 4.85. The molecule has 3 heteroatoms. The van der Waals surface area contributed by atoms with Crippen molar-refractivity contribution in [3.05, 3.63) is 58.6 Å². The second kappa shape index (κ2) is 6.62. The fourth-order valence-electron chi connectivity index (χ4n) is 1.73. The van der Waals surface area contributed by atoms with Gasteiger partial charge in [-0.3, -0.25) is 0 Å². The number of anilines is 1. The largest absolute Gasteiger partial charge is 0.491 e. The van der Waals surface area contributed by atoms with Crippen molar-refractivity contribution in [1.29, 1.82) is 0 Å². The van der Waals surface area contributed by atoms with Gasteiger partial charge in [0.15, 0.2) is 0 Å². The van der Waals surface area contributed by atoms with Crippen molar-refractivity contribution in [3.63, 3.8) is 0 Å². The minimum Gasteiger partial charge on any atom is -0.491 e. The molecule has 2 aromatic carbocycles. The van der Waals surface area contributed by atoms with Crippen LogP contribution in [0.5, 0.6) is 5.75 Å². The molecule has 0 heterocycles. The SMILES string of the molecule is CC(C)Oc1ccc(CNc2ccc(Br)cc2)cc1. The van der Waals surface area contributed by atoms with E-state index in [1.807, 2.05) is 38.1 Å². The topological polar surface area (TPSA) is 21.3 Å². The fourth-order valence-corrected chi connectivity index (χ4v) is 1.99. The number of benzene rings is 2. The second-order valence-electron chi connectivity index (χ2n) is 4.67. The number of halogens is 1. The fraction of sp³-hybridized carbons (Fsp3) is 0.250. The van der Waals surface area contributed by atoms with Gasteiger partial charge in [-0.05, 0) is 55.8 Å². The van der Waals surface area contributed by atoms with Crippen LogP contribution >= 0.6 is 15.9 Å². The van der Waals surface area contributed by atoms with E-state index in [0.29, 0.717) is 0 Å². The molecular weight excluding hydrogens is 302 g/mol. The summed E-state index contributed by atoms with van der Waals surface area (Å²) in [7, 11) is 0. The van der Waals surface area contributed by atoms with Gasteiger partial charge in [-0.1, -0.05) is 28.1 Å². The minimum atomic E-state index is 0.215. The molecule has 0 atom stereocenters. The third-order valence-corrected chi connectivity index (χ3v) is 3.16. The Morgan fingerprint density at radius 2 is 1.63 bits per heavy atom. The molecule has 0 saturated carbocycles. The van der Waals surface area contributed by atoms with Gasteiger partial charge in [0, 0.05) is 16.7 Å². The maximum Gasteiger partial charge on any atom is 0.119 e. The van der Waals surface area contributed by atoms with Crippen LogP contribution < -0.4 is 10.1 Å². The van der Waals surface area contributed by atoms with Gasteiger partial charge in [0.1, 0.15) is 5.75 Å². The third kappa shape index (κ3) is 4.60. The van der Waals surface area contributed by atoms with E-state index in [-0.39, 0.29) is 6.10 Å². The summed E-state index contributed by atoms with van der Waals surface area (Å²) >= 11 is 3.43. The zero-order valence-electron chi connectivity index (χ0n) is 11.2. The molecule has 0 saturated heterocycles. The van der Waals surface area contributed by atoms with Gasteiger partial charge in [0.2, 0.25) is 0 Å². The molecule has 2 rings (SSSR count). The molecule has 0 spiro atoms. The Morgan fingerprint density at radius 3 is 2.21 bits per heavy atom. The van der Waals surface area contributed by atoms with Crippen LogP contribution in [0.15, 0.2) is 53.0 Å². The summed E-state index contributed by atoms with van der Waals surface area (Å²) in [4.78, 5) is 0. The van der Waals surface area contributed by atoms with Crippen LogP contribution in [-0.2, 0) is 6.54 Å². The van der Waals surface area contributed by atoms with Crippen molar-refractivity contribution in [1.82, 2.24) is 0 Å². The van der Waals surface area contributed by atoms with Gasteiger partial charge >= 0.3 is 0 Å². The van der Waals surface area contributed by atoms with Crippen LogP contribution in [0, 0.1) is 0 Å².